The maximum atomic E-state index is 5.59. The van der Waals surface area contributed by atoms with Crippen molar-refractivity contribution in [2.45, 2.75) is 9.96 Å². The van der Waals surface area contributed by atoms with Crippen LogP contribution in [0.3, 0.4) is 0 Å². The van der Waals surface area contributed by atoms with Crippen molar-refractivity contribution < 1.29 is 0 Å². The van der Waals surface area contributed by atoms with Crippen molar-refractivity contribution in [1.82, 2.24) is 4.98 Å². The van der Waals surface area contributed by atoms with Crippen LogP contribution in [0.2, 0.25) is 0 Å². The lowest BCUT2D eigenvalue weighted by atomic mass is 10.3. The number of hydrogen-bond donors (Lipinski definition) is 1. The highest BCUT2D eigenvalue weighted by atomic mass is 32.2. The number of thioether (sulfide) groups is 1. The molecule has 0 radical (unpaired) electrons. The van der Waals surface area contributed by atoms with Gasteiger partial charge in [-0.15, -0.1) is 23.1 Å². The molecule has 0 spiro atoms. The fourth-order valence-electron chi connectivity index (χ4n) is 1.08. The van der Waals surface area contributed by atoms with Crippen molar-refractivity contribution in [2.24, 2.45) is 0 Å². The minimum atomic E-state index is 0.592. The number of nitrogens with two attached hydrogens (primary N) is 1. The largest absolute Gasteiger partial charge is 0.384 e. The van der Waals surface area contributed by atoms with E-state index in [4.69, 9.17) is 5.73 Å². The van der Waals surface area contributed by atoms with Gasteiger partial charge in [-0.25, -0.2) is 4.98 Å². The molecule has 0 saturated carbocycles. The standard InChI is InChI=1S/C10H10N2S2/c11-9-6-8(3-4-12-9)7-14-10-2-1-5-13-10/h1-6H,7H2,(H2,11,12). The van der Waals surface area contributed by atoms with Gasteiger partial charge in [0.25, 0.3) is 0 Å². The zero-order valence-electron chi connectivity index (χ0n) is 7.51. The molecular weight excluding hydrogens is 212 g/mol. The van der Waals surface area contributed by atoms with Gasteiger partial charge in [0.1, 0.15) is 5.82 Å². The molecule has 14 heavy (non-hydrogen) atoms. The van der Waals surface area contributed by atoms with E-state index in [-0.39, 0.29) is 0 Å². The van der Waals surface area contributed by atoms with E-state index in [1.165, 1.54) is 9.77 Å². The highest BCUT2D eigenvalue weighted by Gasteiger charge is 1.97. The molecule has 0 amide bonds. The molecule has 2 heterocycles. The van der Waals surface area contributed by atoms with Crippen LogP contribution in [0.4, 0.5) is 5.82 Å². The quantitative estimate of drug-likeness (QED) is 0.811. The number of anilines is 1. The number of aromatic nitrogens is 1. The molecule has 0 atom stereocenters. The summed E-state index contributed by atoms with van der Waals surface area (Å²) in [6, 6.07) is 8.10. The first-order valence-electron chi connectivity index (χ1n) is 4.21. The molecule has 2 N–H and O–H groups in total. The van der Waals surface area contributed by atoms with E-state index < -0.39 is 0 Å². The van der Waals surface area contributed by atoms with Crippen LogP contribution < -0.4 is 5.73 Å². The number of hydrogen-bond acceptors (Lipinski definition) is 4. The Morgan fingerprint density at radius 2 is 2.36 bits per heavy atom. The third kappa shape index (κ3) is 2.49. The van der Waals surface area contributed by atoms with Crippen LogP contribution in [-0.4, -0.2) is 4.98 Å². The van der Waals surface area contributed by atoms with Gasteiger partial charge in [-0.2, -0.15) is 0 Å². The Hall–Kier alpha value is -1.00. The van der Waals surface area contributed by atoms with Gasteiger partial charge < -0.3 is 5.73 Å². The molecule has 0 saturated heterocycles. The first-order valence-corrected chi connectivity index (χ1v) is 6.08. The summed E-state index contributed by atoms with van der Waals surface area (Å²) in [5.74, 6) is 1.54. The smallest absolute Gasteiger partial charge is 0.123 e. The van der Waals surface area contributed by atoms with Crippen molar-refractivity contribution in [2.75, 3.05) is 5.73 Å². The second-order valence-corrected chi connectivity index (χ2v) is 5.03. The maximum absolute atomic E-state index is 5.59. The highest BCUT2D eigenvalue weighted by molar-refractivity contribution is 8.00. The van der Waals surface area contributed by atoms with Crippen molar-refractivity contribution >= 4 is 28.9 Å². The van der Waals surface area contributed by atoms with E-state index in [2.05, 4.69) is 22.5 Å². The summed E-state index contributed by atoms with van der Waals surface area (Å²) in [6.07, 6.45) is 1.75. The number of thiophene rings is 1. The van der Waals surface area contributed by atoms with Crippen molar-refractivity contribution in [3.05, 3.63) is 41.4 Å². The Labute approximate surface area is 91.2 Å². The topological polar surface area (TPSA) is 38.9 Å². The van der Waals surface area contributed by atoms with Crippen LogP contribution in [0.15, 0.2) is 40.1 Å². The molecule has 2 aromatic rings. The van der Waals surface area contributed by atoms with Crippen LogP contribution in [0, 0.1) is 0 Å². The summed E-state index contributed by atoms with van der Waals surface area (Å²) in [4.78, 5) is 3.96. The number of nitrogens with zero attached hydrogens (tertiary/aromatic N) is 1. The molecule has 0 bridgehead atoms. The predicted molar refractivity (Wildman–Crippen MR) is 62.5 cm³/mol. The normalized spacial score (nSPS) is 10.3. The fourth-order valence-corrected chi connectivity index (χ4v) is 2.81. The van der Waals surface area contributed by atoms with Gasteiger partial charge in [0.2, 0.25) is 0 Å². The zero-order chi connectivity index (χ0) is 9.80. The first kappa shape index (κ1) is 9.55. The summed E-state index contributed by atoms with van der Waals surface area (Å²) in [7, 11) is 0. The fraction of sp³-hybridized carbons (Fsp3) is 0.100. The van der Waals surface area contributed by atoms with Crippen molar-refractivity contribution in [1.29, 1.82) is 0 Å². The molecule has 2 aromatic heterocycles. The minimum Gasteiger partial charge on any atom is -0.384 e. The van der Waals surface area contributed by atoms with Gasteiger partial charge in [-0.3, -0.25) is 0 Å². The van der Waals surface area contributed by atoms with Gasteiger partial charge in [0.05, 0.1) is 4.21 Å². The number of pyridine rings is 1. The second-order valence-electron chi connectivity index (χ2n) is 2.81. The van der Waals surface area contributed by atoms with E-state index in [1.807, 2.05) is 23.9 Å². The lowest BCUT2D eigenvalue weighted by molar-refractivity contribution is 1.28. The van der Waals surface area contributed by atoms with E-state index in [1.54, 1.807) is 17.5 Å². The Morgan fingerprint density at radius 3 is 3.07 bits per heavy atom. The minimum absolute atomic E-state index is 0.592. The SMILES string of the molecule is Nc1cc(CSc2cccs2)ccn1. The molecule has 72 valence electrons. The van der Waals surface area contributed by atoms with Gasteiger partial charge in [0.15, 0.2) is 0 Å². The molecule has 0 aliphatic heterocycles. The summed E-state index contributed by atoms with van der Waals surface area (Å²) in [6.45, 7) is 0. The highest BCUT2D eigenvalue weighted by Crippen LogP contribution is 2.26. The molecule has 0 fully saturated rings. The summed E-state index contributed by atoms with van der Waals surface area (Å²) in [5, 5.41) is 2.09. The molecule has 0 aliphatic rings. The molecule has 2 nitrogen and oxygen atoms in total. The van der Waals surface area contributed by atoms with Crippen LogP contribution >= 0.6 is 23.1 Å². The van der Waals surface area contributed by atoms with Crippen molar-refractivity contribution in [3.63, 3.8) is 0 Å². The molecule has 2 rings (SSSR count). The average Bonchev–Trinajstić information content (AvgIpc) is 2.67. The van der Waals surface area contributed by atoms with Gasteiger partial charge in [-0.05, 0) is 29.1 Å². The molecule has 4 heteroatoms. The molecular formula is C10H10N2S2. The first-order chi connectivity index (χ1) is 6.84. The van der Waals surface area contributed by atoms with Gasteiger partial charge >= 0.3 is 0 Å². The summed E-state index contributed by atoms with van der Waals surface area (Å²) >= 11 is 3.59. The van der Waals surface area contributed by atoms with Crippen LogP contribution in [0.1, 0.15) is 5.56 Å². The van der Waals surface area contributed by atoms with Gasteiger partial charge in [-0.1, -0.05) is 6.07 Å². The van der Waals surface area contributed by atoms with E-state index >= 15 is 0 Å². The molecule has 0 aliphatic carbocycles. The summed E-state index contributed by atoms with van der Waals surface area (Å²) < 4.78 is 1.33. The number of nitrogen functional groups attached to an aromatic ring is 1. The Bertz CT molecular complexity index is 398. The monoisotopic (exact) mass is 222 g/mol. The Kier molecular flexibility index (Phi) is 3.06. The molecule has 0 unspecified atom stereocenters. The van der Waals surface area contributed by atoms with Crippen molar-refractivity contribution in [3.8, 4) is 0 Å². The van der Waals surface area contributed by atoms with E-state index in [9.17, 15) is 0 Å². The van der Waals surface area contributed by atoms with Crippen LogP contribution in [-0.2, 0) is 5.75 Å². The zero-order valence-corrected chi connectivity index (χ0v) is 9.15. The lowest BCUT2D eigenvalue weighted by Gasteiger charge is -1.99. The van der Waals surface area contributed by atoms with Crippen LogP contribution in [0.25, 0.3) is 0 Å². The average molecular weight is 222 g/mol. The Morgan fingerprint density at radius 1 is 1.43 bits per heavy atom. The van der Waals surface area contributed by atoms with E-state index in [0.29, 0.717) is 5.82 Å². The summed E-state index contributed by atoms with van der Waals surface area (Å²) in [5.41, 5.74) is 6.81. The number of rotatable bonds is 3. The second kappa shape index (κ2) is 4.48. The third-order valence-electron chi connectivity index (χ3n) is 1.72. The Balaban J connectivity index is 1.98. The van der Waals surface area contributed by atoms with Gasteiger partial charge in [0, 0.05) is 11.9 Å². The predicted octanol–water partition coefficient (Wildman–Crippen LogP) is 3.02. The third-order valence-corrected chi connectivity index (χ3v) is 3.92. The maximum Gasteiger partial charge on any atom is 0.123 e. The molecule has 0 aromatic carbocycles. The van der Waals surface area contributed by atoms with Crippen LogP contribution in [0.5, 0.6) is 0 Å². The van der Waals surface area contributed by atoms with E-state index in [0.717, 1.165) is 5.75 Å². The lowest BCUT2D eigenvalue weighted by Crippen LogP contribution is -1.90.